The predicted octanol–water partition coefficient (Wildman–Crippen LogP) is 6.87. The van der Waals surface area contributed by atoms with E-state index in [1.165, 1.54) is 6.26 Å². The van der Waals surface area contributed by atoms with E-state index in [-0.39, 0.29) is 17.2 Å². The molecular weight excluding hydrogens is 614 g/mol. The monoisotopic (exact) mass is 651 g/mol. The van der Waals surface area contributed by atoms with Gasteiger partial charge in [-0.05, 0) is 100.0 Å². The molecule has 1 amide bonds. The highest BCUT2D eigenvalue weighted by Crippen LogP contribution is 2.35. The van der Waals surface area contributed by atoms with Crippen molar-refractivity contribution < 1.29 is 22.4 Å². The Morgan fingerprint density at radius 1 is 1.04 bits per heavy atom. The molecule has 0 aliphatic carbocycles. The van der Waals surface area contributed by atoms with Crippen LogP contribution in [0.4, 0.5) is 11.4 Å². The van der Waals surface area contributed by atoms with Crippen molar-refractivity contribution in [2.45, 2.75) is 39.8 Å². The highest BCUT2D eigenvalue weighted by Gasteiger charge is 2.17. The van der Waals surface area contributed by atoms with E-state index in [2.05, 4.69) is 27.0 Å². The minimum atomic E-state index is -3.04. The van der Waals surface area contributed by atoms with E-state index in [0.717, 1.165) is 22.2 Å². The fraction of sp³-hybridized carbons (Fsp3) is 0.250. The van der Waals surface area contributed by atoms with Crippen LogP contribution in [0, 0.1) is 18.3 Å². The number of rotatable bonds is 11. The van der Waals surface area contributed by atoms with Gasteiger partial charge in [0.15, 0.2) is 0 Å². The van der Waals surface area contributed by atoms with Crippen LogP contribution in [0.15, 0.2) is 83.4 Å². The fourth-order valence-corrected chi connectivity index (χ4v) is 5.40. The summed E-state index contributed by atoms with van der Waals surface area (Å²) in [6.45, 7) is 8.45. The minimum Gasteiger partial charge on any atom is -0.460 e. The topological polar surface area (TPSA) is 146 Å². The molecule has 0 unspecified atom stereocenters. The minimum absolute atomic E-state index is 0.0519. The van der Waals surface area contributed by atoms with E-state index in [4.69, 9.17) is 9.15 Å². The van der Waals surface area contributed by atoms with E-state index in [1.807, 2.05) is 76.2 Å². The van der Waals surface area contributed by atoms with Crippen LogP contribution in [0.1, 0.15) is 48.0 Å². The number of benzene rings is 3. The van der Waals surface area contributed by atoms with Crippen molar-refractivity contribution in [3.05, 3.63) is 101 Å². The number of nitriles is 1. The van der Waals surface area contributed by atoms with Crippen LogP contribution in [0.3, 0.4) is 0 Å². The highest BCUT2D eigenvalue weighted by atomic mass is 32.2. The molecule has 5 rings (SSSR count). The van der Waals surface area contributed by atoms with Crippen LogP contribution < -0.4 is 20.7 Å². The van der Waals surface area contributed by atoms with Gasteiger partial charge in [0.1, 0.15) is 38.9 Å². The lowest BCUT2D eigenvalue weighted by atomic mass is 10.0. The summed E-state index contributed by atoms with van der Waals surface area (Å²) in [7, 11) is -3.04. The number of carbonyl (C=O) groups is 1. The van der Waals surface area contributed by atoms with Crippen molar-refractivity contribution in [2.24, 2.45) is 0 Å². The fourth-order valence-electron chi connectivity index (χ4n) is 4.89. The van der Waals surface area contributed by atoms with Crippen LogP contribution in [-0.2, 0) is 16.4 Å². The van der Waals surface area contributed by atoms with Crippen molar-refractivity contribution in [3.8, 4) is 28.9 Å². The second-order valence-electron chi connectivity index (χ2n) is 12.4. The summed E-state index contributed by atoms with van der Waals surface area (Å²) >= 11 is 0. The molecule has 0 saturated carbocycles. The average Bonchev–Trinajstić information content (AvgIpc) is 3.48. The predicted molar refractivity (Wildman–Crippen MR) is 184 cm³/mol. The van der Waals surface area contributed by atoms with E-state index >= 15 is 0 Å². The van der Waals surface area contributed by atoms with Gasteiger partial charge in [-0.1, -0.05) is 6.07 Å². The van der Waals surface area contributed by atoms with E-state index in [1.54, 1.807) is 30.5 Å². The molecule has 10 nitrogen and oxygen atoms in total. The van der Waals surface area contributed by atoms with Gasteiger partial charge in [0.25, 0.3) is 5.91 Å². The van der Waals surface area contributed by atoms with Crippen LogP contribution in [0.2, 0.25) is 0 Å². The normalized spacial score (nSPS) is 11.7. The molecule has 5 aromatic rings. The second kappa shape index (κ2) is 13.7. The number of furan rings is 1. The summed E-state index contributed by atoms with van der Waals surface area (Å²) in [5, 5.41) is 20.2. The second-order valence-corrected chi connectivity index (χ2v) is 14.7. The number of sulfone groups is 1. The zero-order valence-electron chi connectivity index (χ0n) is 27.0. The Labute approximate surface area is 274 Å². The van der Waals surface area contributed by atoms with Crippen molar-refractivity contribution in [1.29, 1.82) is 5.26 Å². The van der Waals surface area contributed by atoms with Gasteiger partial charge in [0.2, 0.25) is 0 Å². The largest absolute Gasteiger partial charge is 0.460 e. The molecule has 242 valence electrons. The molecule has 0 aliphatic rings. The van der Waals surface area contributed by atoms with Gasteiger partial charge in [0.05, 0.1) is 29.1 Å². The van der Waals surface area contributed by atoms with Gasteiger partial charge in [-0.2, -0.15) is 5.26 Å². The number of hydrogen-bond acceptors (Lipinski definition) is 9. The Kier molecular flexibility index (Phi) is 9.65. The molecule has 47 heavy (non-hydrogen) atoms. The van der Waals surface area contributed by atoms with Crippen molar-refractivity contribution in [2.75, 3.05) is 23.9 Å². The molecule has 2 aromatic heterocycles. The highest BCUT2D eigenvalue weighted by molar-refractivity contribution is 7.90. The number of aryl methyl sites for hydroxylation is 1. The average molecular weight is 652 g/mol. The number of aromatic nitrogens is 1. The number of fused-ring (bicyclic) bond motifs is 1. The first kappa shape index (κ1) is 33.2. The Hall–Kier alpha value is -5.18. The zero-order valence-corrected chi connectivity index (χ0v) is 27.8. The molecular formula is C36H37N5O5S. The summed E-state index contributed by atoms with van der Waals surface area (Å²) in [4.78, 5) is 17.1. The van der Waals surface area contributed by atoms with Gasteiger partial charge >= 0.3 is 0 Å². The first-order valence-electron chi connectivity index (χ1n) is 15.1. The maximum atomic E-state index is 12.6. The molecule has 0 saturated heterocycles. The van der Waals surface area contributed by atoms with E-state index in [9.17, 15) is 18.5 Å². The quantitative estimate of drug-likeness (QED) is 0.130. The van der Waals surface area contributed by atoms with Gasteiger partial charge in [0, 0.05) is 46.7 Å². The molecule has 0 bridgehead atoms. The van der Waals surface area contributed by atoms with Crippen molar-refractivity contribution >= 4 is 38.0 Å². The molecule has 11 heteroatoms. The number of hydrogen-bond donors (Lipinski definition) is 3. The third kappa shape index (κ3) is 8.76. The SMILES string of the molecule is Cc1cc(Nc2c(C#N)cnc3ccc(-c4ccc(CNCCS(C)(=O)=O)o4)cc23)ccc1Oc1cccc(C(=O)NC(C)(C)C)c1. The number of pyridine rings is 1. The maximum Gasteiger partial charge on any atom is 0.251 e. The molecule has 0 radical (unpaired) electrons. The molecule has 0 fully saturated rings. The first-order chi connectivity index (χ1) is 22.3. The summed E-state index contributed by atoms with van der Waals surface area (Å²) < 4.78 is 34.9. The van der Waals surface area contributed by atoms with Crippen molar-refractivity contribution in [1.82, 2.24) is 15.6 Å². The summed E-state index contributed by atoms with van der Waals surface area (Å²) in [6, 6.07) is 24.3. The van der Waals surface area contributed by atoms with Gasteiger partial charge < -0.3 is 25.1 Å². The molecule has 3 aromatic carbocycles. The third-order valence-corrected chi connectivity index (χ3v) is 8.09. The van der Waals surface area contributed by atoms with Crippen LogP contribution in [0.5, 0.6) is 11.5 Å². The summed E-state index contributed by atoms with van der Waals surface area (Å²) in [6.07, 6.45) is 2.75. The van der Waals surface area contributed by atoms with Gasteiger partial charge in [-0.3, -0.25) is 9.78 Å². The number of nitrogens with one attached hydrogen (secondary N) is 3. The Morgan fingerprint density at radius 2 is 1.85 bits per heavy atom. The van der Waals surface area contributed by atoms with Gasteiger partial charge in [-0.25, -0.2) is 8.42 Å². The number of ether oxygens (including phenoxy) is 1. The van der Waals surface area contributed by atoms with E-state index in [0.29, 0.717) is 58.4 Å². The van der Waals surface area contributed by atoms with Gasteiger partial charge in [-0.15, -0.1) is 0 Å². The third-order valence-electron chi connectivity index (χ3n) is 7.14. The standard InChI is InChI=1S/C36H37N5O5S/c1-23-17-27(10-13-32(23)45-28-8-6-7-25(18-28)35(42)41-36(2,3)4)40-34-26(20-37)21-39-31-12-9-24(19-30(31)34)33-14-11-29(46-33)22-38-15-16-47(5,43)44/h6-14,17-19,21,38H,15-16,22H2,1-5H3,(H,39,40)(H,41,42). The number of amides is 1. The lowest BCUT2D eigenvalue weighted by molar-refractivity contribution is 0.0919. The number of carbonyl (C=O) groups excluding carboxylic acids is 1. The van der Waals surface area contributed by atoms with Crippen LogP contribution in [-0.4, -0.2) is 43.4 Å². The van der Waals surface area contributed by atoms with E-state index < -0.39 is 9.84 Å². The molecule has 0 aliphatic heterocycles. The Balaban J connectivity index is 1.36. The Bertz CT molecular complexity index is 2090. The van der Waals surface area contributed by atoms with Crippen LogP contribution in [0.25, 0.3) is 22.2 Å². The first-order valence-corrected chi connectivity index (χ1v) is 17.1. The summed E-state index contributed by atoms with van der Waals surface area (Å²) in [5.41, 5.74) is 4.26. The van der Waals surface area contributed by atoms with Crippen LogP contribution >= 0.6 is 0 Å². The maximum absolute atomic E-state index is 12.6. The lowest BCUT2D eigenvalue weighted by Gasteiger charge is -2.20. The molecule has 3 N–H and O–H groups in total. The summed E-state index contributed by atoms with van der Waals surface area (Å²) in [5.74, 6) is 2.36. The lowest BCUT2D eigenvalue weighted by Crippen LogP contribution is -2.40. The number of anilines is 2. The number of nitrogens with zero attached hydrogens (tertiary/aromatic N) is 2. The molecule has 0 spiro atoms. The molecule has 2 heterocycles. The molecule has 0 atom stereocenters. The van der Waals surface area contributed by atoms with Crippen molar-refractivity contribution in [3.63, 3.8) is 0 Å². The smallest absolute Gasteiger partial charge is 0.251 e. The Morgan fingerprint density at radius 3 is 2.57 bits per heavy atom. The zero-order chi connectivity index (χ0) is 33.8.